The SMILES string of the molecule is COCC(N)C(=O)NCC(=O)Nc1cc(OC)cc(OC)c1. The lowest BCUT2D eigenvalue weighted by Gasteiger charge is -2.12. The molecule has 0 radical (unpaired) electrons. The minimum Gasteiger partial charge on any atom is -0.497 e. The quantitative estimate of drug-likeness (QED) is 0.609. The highest BCUT2D eigenvalue weighted by atomic mass is 16.5. The van der Waals surface area contributed by atoms with Gasteiger partial charge in [0, 0.05) is 31.0 Å². The van der Waals surface area contributed by atoms with Gasteiger partial charge in [-0.1, -0.05) is 0 Å². The van der Waals surface area contributed by atoms with Crippen LogP contribution in [-0.2, 0) is 14.3 Å². The minimum atomic E-state index is -0.810. The van der Waals surface area contributed by atoms with E-state index in [0.717, 1.165) is 0 Å². The van der Waals surface area contributed by atoms with E-state index in [1.54, 1.807) is 18.2 Å². The molecule has 0 aliphatic carbocycles. The molecule has 0 aromatic heterocycles. The van der Waals surface area contributed by atoms with Gasteiger partial charge in [-0.3, -0.25) is 9.59 Å². The van der Waals surface area contributed by atoms with Crippen molar-refractivity contribution in [3.8, 4) is 11.5 Å². The van der Waals surface area contributed by atoms with Gasteiger partial charge in [0.25, 0.3) is 0 Å². The van der Waals surface area contributed by atoms with E-state index >= 15 is 0 Å². The number of hydrogen-bond acceptors (Lipinski definition) is 6. The number of amides is 2. The average molecular weight is 311 g/mol. The van der Waals surface area contributed by atoms with Crippen molar-refractivity contribution in [3.63, 3.8) is 0 Å². The lowest BCUT2D eigenvalue weighted by molar-refractivity contribution is -0.126. The van der Waals surface area contributed by atoms with Crippen molar-refractivity contribution in [2.75, 3.05) is 39.8 Å². The van der Waals surface area contributed by atoms with Crippen LogP contribution in [0.5, 0.6) is 11.5 Å². The van der Waals surface area contributed by atoms with Gasteiger partial charge in [0.05, 0.1) is 27.4 Å². The summed E-state index contributed by atoms with van der Waals surface area (Å²) in [7, 11) is 4.46. The number of carbonyl (C=O) groups is 2. The molecular formula is C14H21N3O5. The van der Waals surface area contributed by atoms with E-state index < -0.39 is 17.9 Å². The second kappa shape index (κ2) is 8.85. The molecular weight excluding hydrogens is 290 g/mol. The molecule has 8 nitrogen and oxygen atoms in total. The Morgan fingerprint density at radius 2 is 1.73 bits per heavy atom. The van der Waals surface area contributed by atoms with Gasteiger partial charge in [0.2, 0.25) is 11.8 Å². The molecule has 0 saturated carbocycles. The van der Waals surface area contributed by atoms with E-state index in [4.69, 9.17) is 19.9 Å². The monoisotopic (exact) mass is 311 g/mol. The van der Waals surface area contributed by atoms with Crippen LogP contribution in [0.3, 0.4) is 0 Å². The molecule has 0 aliphatic heterocycles. The van der Waals surface area contributed by atoms with Gasteiger partial charge in [-0.15, -0.1) is 0 Å². The average Bonchev–Trinajstić information content (AvgIpc) is 2.52. The first kappa shape index (κ1) is 17.7. The predicted molar refractivity (Wildman–Crippen MR) is 81.0 cm³/mol. The topological polar surface area (TPSA) is 112 Å². The van der Waals surface area contributed by atoms with Gasteiger partial charge in [0.1, 0.15) is 17.5 Å². The van der Waals surface area contributed by atoms with Crippen LogP contribution < -0.4 is 25.8 Å². The van der Waals surface area contributed by atoms with Crippen molar-refractivity contribution in [2.24, 2.45) is 5.73 Å². The molecule has 0 saturated heterocycles. The normalized spacial score (nSPS) is 11.5. The van der Waals surface area contributed by atoms with Gasteiger partial charge < -0.3 is 30.6 Å². The fraction of sp³-hybridized carbons (Fsp3) is 0.429. The molecule has 1 aromatic rings. The number of carbonyl (C=O) groups excluding carboxylic acids is 2. The fourth-order valence-electron chi connectivity index (χ4n) is 1.64. The van der Waals surface area contributed by atoms with Crippen LogP contribution in [0.25, 0.3) is 0 Å². The maximum Gasteiger partial charge on any atom is 0.243 e. The molecule has 0 spiro atoms. The molecule has 1 atom stereocenters. The van der Waals surface area contributed by atoms with Crippen molar-refractivity contribution >= 4 is 17.5 Å². The third kappa shape index (κ3) is 5.58. The highest BCUT2D eigenvalue weighted by Gasteiger charge is 2.14. The lowest BCUT2D eigenvalue weighted by Crippen LogP contribution is -2.45. The second-order valence-corrected chi connectivity index (χ2v) is 4.43. The minimum absolute atomic E-state index is 0.0839. The van der Waals surface area contributed by atoms with Crippen LogP contribution in [0.15, 0.2) is 18.2 Å². The number of rotatable bonds is 8. The first-order chi connectivity index (χ1) is 10.5. The third-order valence-electron chi connectivity index (χ3n) is 2.74. The number of ether oxygens (including phenoxy) is 3. The lowest BCUT2D eigenvalue weighted by atomic mass is 10.2. The number of nitrogens with one attached hydrogen (secondary N) is 2. The maximum absolute atomic E-state index is 11.8. The molecule has 4 N–H and O–H groups in total. The van der Waals surface area contributed by atoms with Crippen molar-refractivity contribution in [1.29, 1.82) is 0 Å². The van der Waals surface area contributed by atoms with Crippen LogP contribution in [-0.4, -0.2) is 52.3 Å². The van der Waals surface area contributed by atoms with Crippen LogP contribution in [0.2, 0.25) is 0 Å². The summed E-state index contributed by atoms with van der Waals surface area (Å²) >= 11 is 0. The summed E-state index contributed by atoms with van der Waals surface area (Å²) in [4.78, 5) is 23.4. The summed E-state index contributed by atoms with van der Waals surface area (Å²) in [5.41, 5.74) is 6.04. The van der Waals surface area contributed by atoms with E-state index in [1.807, 2.05) is 0 Å². The summed E-state index contributed by atoms with van der Waals surface area (Å²) in [6.45, 7) is -0.115. The Morgan fingerprint density at radius 1 is 1.14 bits per heavy atom. The van der Waals surface area contributed by atoms with E-state index in [1.165, 1.54) is 21.3 Å². The van der Waals surface area contributed by atoms with Gasteiger partial charge in [0.15, 0.2) is 0 Å². The molecule has 1 rings (SSSR count). The van der Waals surface area contributed by atoms with Gasteiger partial charge >= 0.3 is 0 Å². The van der Waals surface area contributed by atoms with E-state index in [0.29, 0.717) is 17.2 Å². The molecule has 122 valence electrons. The van der Waals surface area contributed by atoms with E-state index in [-0.39, 0.29) is 13.2 Å². The molecule has 2 amide bonds. The maximum atomic E-state index is 11.8. The Morgan fingerprint density at radius 3 is 2.23 bits per heavy atom. The summed E-state index contributed by atoms with van der Waals surface area (Å²) in [6.07, 6.45) is 0. The first-order valence-corrected chi connectivity index (χ1v) is 6.55. The summed E-state index contributed by atoms with van der Waals surface area (Å²) in [5.74, 6) is 0.232. The standard InChI is InChI=1S/C14H21N3O5/c1-20-8-12(15)14(19)16-7-13(18)17-9-4-10(21-2)6-11(5-9)22-3/h4-6,12H,7-8,15H2,1-3H3,(H,16,19)(H,17,18). The molecule has 0 bridgehead atoms. The molecule has 0 aliphatic rings. The smallest absolute Gasteiger partial charge is 0.243 e. The first-order valence-electron chi connectivity index (χ1n) is 6.55. The molecule has 8 heteroatoms. The van der Waals surface area contributed by atoms with Gasteiger partial charge in [-0.25, -0.2) is 0 Å². The number of methoxy groups -OCH3 is 3. The van der Waals surface area contributed by atoms with Crippen LogP contribution in [0, 0.1) is 0 Å². The molecule has 22 heavy (non-hydrogen) atoms. The molecule has 1 aromatic carbocycles. The Bertz CT molecular complexity index is 499. The molecule has 1 unspecified atom stereocenters. The fourth-order valence-corrected chi connectivity index (χ4v) is 1.64. The number of nitrogens with two attached hydrogens (primary N) is 1. The van der Waals surface area contributed by atoms with Crippen molar-refractivity contribution in [3.05, 3.63) is 18.2 Å². The van der Waals surface area contributed by atoms with Crippen LogP contribution in [0.1, 0.15) is 0 Å². The molecule has 0 heterocycles. The Balaban J connectivity index is 2.56. The van der Waals surface area contributed by atoms with Crippen molar-refractivity contribution in [2.45, 2.75) is 6.04 Å². The second-order valence-electron chi connectivity index (χ2n) is 4.43. The van der Waals surface area contributed by atoms with Crippen molar-refractivity contribution < 1.29 is 23.8 Å². The number of benzene rings is 1. The van der Waals surface area contributed by atoms with Crippen molar-refractivity contribution in [1.82, 2.24) is 5.32 Å². The zero-order valence-electron chi connectivity index (χ0n) is 12.8. The zero-order chi connectivity index (χ0) is 16.5. The van der Waals surface area contributed by atoms with Crippen LogP contribution >= 0.6 is 0 Å². The Labute approximate surface area is 128 Å². The Kier molecular flexibility index (Phi) is 7.14. The molecule has 0 fully saturated rings. The number of hydrogen-bond donors (Lipinski definition) is 3. The summed E-state index contributed by atoms with van der Waals surface area (Å²) in [6, 6.07) is 4.15. The van der Waals surface area contributed by atoms with Gasteiger partial charge in [-0.2, -0.15) is 0 Å². The predicted octanol–water partition coefficient (Wildman–Crippen LogP) is -0.268. The largest absolute Gasteiger partial charge is 0.497 e. The van der Waals surface area contributed by atoms with Crippen LogP contribution in [0.4, 0.5) is 5.69 Å². The van der Waals surface area contributed by atoms with Gasteiger partial charge in [-0.05, 0) is 0 Å². The number of anilines is 1. The Hall–Kier alpha value is -2.32. The summed E-state index contributed by atoms with van der Waals surface area (Å²) in [5, 5.41) is 5.06. The third-order valence-corrected chi connectivity index (χ3v) is 2.74. The summed E-state index contributed by atoms with van der Waals surface area (Å²) < 4.78 is 15.0. The highest BCUT2D eigenvalue weighted by Crippen LogP contribution is 2.25. The highest BCUT2D eigenvalue weighted by molar-refractivity contribution is 5.95. The zero-order valence-corrected chi connectivity index (χ0v) is 12.8. The van der Waals surface area contributed by atoms with E-state index in [9.17, 15) is 9.59 Å². The van der Waals surface area contributed by atoms with E-state index in [2.05, 4.69) is 10.6 Å².